The summed E-state index contributed by atoms with van der Waals surface area (Å²) in [5.41, 5.74) is 1.21. The molecule has 0 amide bonds. The van der Waals surface area contributed by atoms with Crippen LogP contribution in [0.2, 0.25) is 0 Å². The number of nitrogens with zero attached hydrogens (tertiary/aromatic N) is 5. The summed E-state index contributed by atoms with van der Waals surface area (Å²) in [5, 5.41) is 4.03. The molecule has 0 spiro atoms. The van der Waals surface area contributed by atoms with E-state index in [0.717, 1.165) is 45.1 Å². The topological polar surface area (TPSA) is 67.5 Å². The molecule has 0 atom stereocenters. The van der Waals surface area contributed by atoms with E-state index >= 15 is 0 Å². The van der Waals surface area contributed by atoms with Crippen molar-refractivity contribution >= 4 is 0 Å². The van der Waals surface area contributed by atoms with Crippen molar-refractivity contribution in [1.29, 1.82) is 0 Å². The van der Waals surface area contributed by atoms with Crippen molar-refractivity contribution in [3.63, 3.8) is 0 Å². The Kier molecular flexibility index (Phi) is 5.42. The fourth-order valence-electron chi connectivity index (χ4n) is 2.75. The summed E-state index contributed by atoms with van der Waals surface area (Å²) in [6.45, 7) is 9.85. The van der Waals surface area contributed by atoms with E-state index in [1.165, 1.54) is 5.56 Å². The third-order valence-corrected chi connectivity index (χ3v) is 4.24. The van der Waals surface area contributed by atoms with Crippen LogP contribution in [0.5, 0.6) is 5.88 Å². The normalized spacial score (nSPS) is 16.7. The van der Waals surface area contributed by atoms with Gasteiger partial charge in [-0.3, -0.25) is 9.80 Å². The van der Waals surface area contributed by atoms with Gasteiger partial charge >= 0.3 is 0 Å². The maximum Gasteiger partial charge on any atom is 0.240 e. The Bertz CT molecular complexity index is 633. The fraction of sp³-hybridized carbons (Fsp3) is 0.588. The lowest BCUT2D eigenvalue weighted by atomic mass is 10.2. The van der Waals surface area contributed by atoms with Crippen LogP contribution in [-0.2, 0) is 13.1 Å². The van der Waals surface area contributed by atoms with E-state index in [4.69, 9.17) is 9.26 Å². The van der Waals surface area contributed by atoms with Crippen molar-refractivity contribution in [3.8, 4) is 5.88 Å². The van der Waals surface area contributed by atoms with Crippen molar-refractivity contribution in [2.24, 2.45) is 0 Å². The van der Waals surface area contributed by atoms with Gasteiger partial charge in [0.1, 0.15) is 0 Å². The number of piperazine rings is 1. The molecule has 0 aliphatic carbocycles. The van der Waals surface area contributed by atoms with Crippen LogP contribution in [0, 0.1) is 0 Å². The summed E-state index contributed by atoms with van der Waals surface area (Å²) in [4.78, 5) is 13.5. The first kappa shape index (κ1) is 16.9. The van der Waals surface area contributed by atoms with Crippen LogP contribution in [0.25, 0.3) is 0 Å². The zero-order valence-electron chi connectivity index (χ0n) is 14.6. The average Bonchev–Trinajstić information content (AvgIpc) is 3.06. The van der Waals surface area contributed by atoms with Gasteiger partial charge in [-0.2, -0.15) is 4.98 Å². The van der Waals surface area contributed by atoms with Crippen molar-refractivity contribution in [1.82, 2.24) is 24.9 Å². The molecule has 0 N–H and O–H groups in total. The standard InChI is InChI=1S/C17H25N5O2/c1-13(2)17-19-16(24-20-17)12-22-8-6-21(7-9-22)11-14-4-5-15(23-3)18-10-14/h4-5,10,13H,6-9,11-12H2,1-3H3. The zero-order chi connectivity index (χ0) is 16.9. The lowest BCUT2D eigenvalue weighted by molar-refractivity contribution is 0.112. The Balaban J connectivity index is 1.46. The molecule has 24 heavy (non-hydrogen) atoms. The summed E-state index contributed by atoms with van der Waals surface area (Å²) in [7, 11) is 1.63. The highest BCUT2D eigenvalue weighted by molar-refractivity contribution is 5.17. The molecule has 1 aliphatic heterocycles. The molecule has 1 saturated heterocycles. The Morgan fingerprint density at radius 3 is 2.38 bits per heavy atom. The quantitative estimate of drug-likeness (QED) is 0.801. The molecule has 7 nitrogen and oxygen atoms in total. The van der Waals surface area contributed by atoms with Gasteiger partial charge in [0, 0.05) is 50.9 Å². The molecule has 0 aromatic carbocycles. The number of aromatic nitrogens is 3. The highest BCUT2D eigenvalue weighted by atomic mass is 16.5. The average molecular weight is 331 g/mol. The van der Waals surface area contributed by atoms with Crippen LogP contribution in [0.15, 0.2) is 22.9 Å². The van der Waals surface area contributed by atoms with Crippen LogP contribution >= 0.6 is 0 Å². The molecular weight excluding hydrogens is 306 g/mol. The molecule has 0 saturated carbocycles. The number of hydrogen-bond acceptors (Lipinski definition) is 7. The Hall–Kier alpha value is -1.99. The summed E-state index contributed by atoms with van der Waals surface area (Å²) >= 11 is 0. The number of hydrogen-bond donors (Lipinski definition) is 0. The number of rotatable bonds is 6. The second kappa shape index (κ2) is 7.72. The molecule has 2 aromatic heterocycles. The van der Waals surface area contributed by atoms with E-state index in [2.05, 4.69) is 44.8 Å². The van der Waals surface area contributed by atoms with Crippen molar-refractivity contribution < 1.29 is 9.26 Å². The first-order valence-corrected chi connectivity index (χ1v) is 8.40. The molecule has 7 heteroatoms. The molecule has 1 aliphatic rings. The molecule has 0 bridgehead atoms. The summed E-state index contributed by atoms with van der Waals surface area (Å²) in [5.74, 6) is 2.46. The first-order valence-electron chi connectivity index (χ1n) is 8.40. The highest BCUT2D eigenvalue weighted by Gasteiger charge is 2.19. The maximum atomic E-state index is 5.34. The maximum absolute atomic E-state index is 5.34. The van der Waals surface area contributed by atoms with Gasteiger partial charge in [0.15, 0.2) is 5.82 Å². The van der Waals surface area contributed by atoms with E-state index in [9.17, 15) is 0 Å². The molecule has 2 aromatic rings. The Morgan fingerprint density at radius 2 is 1.83 bits per heavy atom. The highest BCUT2D eigenvalue weighted by Crippen LogP contribution is 2.14. The van der Waals surface area contributed by atoms with Gasteiger partial charge in [-0.1, -0.05) is 25.1 Å². The smallest absolute Gasteiger partial charge is 0.240 e. The van der Waals surface area contributed by atoms with Crippen molar-refractivity contribution in [3.05, 3.63) is 35.6 Å². The SMILES string of the molecule is COc1ccc(CN2CCN(Cc3nc(C(C)C)no3)CC2)cn1. The summed E-state index contributed by atoms with van der Waals surface area (Å²) in [6.07, 6.45) is 1.89. The lowest BCUT2D eigenvalue weighted by Crippen LogP contribution is -2.45. The summed E-state index contributed by atoms with van der Waals surface area (Å²) < 4.78 is 10.4. The second-order valence-electron chi connectivity index (χ2n) is 6.46. The fourth-order valence-corrected chi connectivity index (χ4v) is 2.75. The van der Waals surface area contributed by atoms with Gasteiger partial charge in [-0.05, 0) is 5.56 Å². The van der Waals surface area contributed by atoms with E-state index in [1.54, 1.807) is 7.11 Å². The van der Waals surface area contributed by atoms with Crippen LogP contribution in [-0.4, -0.2) is 58.2 Å². The summed E-state index contributed by atoms with van der Waals surface area (Å²) in [6, 6.07) is 3.98. The predicted octanol–water partition coefficient (Wildman–Crippen LogP) is 1.91. The predicted molar refractivity (Wildman–Crippen MR) is 89.7 cm³/mol. The van der Waals surface area contributed by atoms with Crippen LogP contribution in [0.1, 0.15) is 37.0 Å². The Morgan fingerprint density at radius 1 is 1.12 bits per heavy atom. The van der Waals surface area contributed by atoms with Crippen LogP contribution in [0.3, 0.4) is 0 Å². The van der Waals surface area contributed by atoms with Crippen LogP contribution < -0.4 is 4.74 Å². The van der Waals surface area contributed by atoms with E-state index < -0.39 is 0 Å². The molecule has 130 valence electrons. The largest absolute Gasteiger partial charge is 0.481 e. The van der Waals surface area contributed by atoms with E-state index in [0.29, 0.717) is 17.7 Å². The first-order chi connectivity index (χ1) is 11.6. The van der Waals surface area contributed by atoms with Crippen LogP contribution in [0.4, 0.5) is 0 Å². The minimum absolute atomic E-state index is 0.303. The lowest BCUT2D eigenvalue weighted by Gasteiger charge is -2.33. The molecular formula is C17H25N5O2. The van der Waals surface area contributed by atoms with Gasteiger partial charge in [0.25, 0.3) is 0 Å². The minimum Gasteiger partial charge on any atom is -0.481 e. The van der Waals surface area contributed by atoms with Gasteiger partial charge < -0.3 is 9.26 Å². The van der Waals surface area contributed by atoms with Gasteiger partial charge in [0.05, 0.1) is 13.7 Å². The van der Waals surface area contributed by atoms with Crippen molar-refractivity contribution in [2.75, 3.05) is 33.3 Å². The van der Waals surface area contributed by atoms with Gasteiger partial charge in [-0.25, -0.2) is 4.98 Å². The van der Waals surface area contributed by atoms with Gasteiger partial charge in [0.2, 0.25) is 11.8 Å². The second-order valence-corrected chi connectivity index (χ2v) is 6.46. The zero-order valence-corrected chi connectivity index (χ0v) is 14.6. The Labute approximate surface area is 142 Å². The van der Waals surface area contributed by atoms with Crippen molar-refractivity contribution in [2.45, 2.75) is 32.9 Å². The third-order valence-electron chi connectivity index (χ3n) is 4.24. The van der Waals surface area contributed by atoms with E-state index in [-0.39, 0.29) is 0 Å². The third kappa shape index (κ3) is 4.30. The molecule has 0 radical (unpaired) electrons. The minimum atomic E-state index is 0.303. The molecule has 3 rings (SSSR count). The monoisotopic (exact) mass is 331 g/mol. The van der Waals surface area contributed by atoms with E-state index in [1.807, 2.05) is 12.3 Å². The molecule has 1 fully saturated rings. The molecule has 3 heterocycles. The number of methoxy groups -OCH3 is 1. The van der Waals surface area contributed by atoms with Gasteiger partial charge in [-0.15, -0.1) is 0 Å². The number of pyridine rings is 1. The molecule has 0 unspecified atom stereocenters. The number of ether oxygens (including phenoxy) is 1.